The summed E-state index contributed by atoms with van der Waals surface area (Å²) >= 11 is 0. The van der Waals surface area contributed by atoms with Gasteiger partial charge in [0, 0.05) is 6.42 Å². The lowest BCUT2D eigenvalue weighted by Gasteiger charge is -2.38. The fourth-order valence-corrected chi connectivity index (χ4v) is 17.2. The van der Waals surface area contributed by atoms with Crippen molar-refractivity contribution in [3.8, 4) is 0 Å². The molecule has 0 spiro atoms. The van der Waals surface area contributed by atoms with Crippen LogP contribution in [0.4, 0.5) is 0 Å². The van der Waals surface area contributed by atoms with Crippen LogP contribution >= 0.6 is 0 Å². The summed E-state index contributed by atoms with van der Waals surface area (Å²) in [6.07, 6.45) is 3.95. The largest absolute Gasteiger partial charge is 0.437 e. The van der Waals surface area contributed by atoms with Gasteiger partial charge in [0.05, 0.1) is 0 Å². The standard InChI is InChI=1S/C17H38O3Si3.2CH4/c1-10-11-14-21(4,5)19-23(8,9)20-22(6,7)15-12-13-17(18)16(2)3;;/h2,10-15H2,1,3-9H3;2*1H4. The Hall–Kier alpha value is -0.0194. The van der Waals surface area contributed by atoms with Gasteiger partial charge in [-0.3, -0.25) is 4.79 Å². The van der Waals surface area contributed by atoms with E-state index in [4.69, 9.17) is 8.23 Å². The quantitative estimate of drug-likeness (QED) is 0.255. The van der Waals surface area contributed by atoms with Crippen LogP contribution in [0.15, 0.2) is 12.2 Å². The molecule has 0 aromatic heterocycles. The molecular formula is C19H46O3Si3. The minimum absolute atomic E-state index is 0. The molecule has 0 heterocycles. The van der Waals surface area contributed by atoms with E-state index in [0.717, 1.165) is 12.5 Å². The highest BCUT2D eigenvalue weighted by molar-refractivity contribution is 6.87. The predicted octanol–water partition coefficient (Wildman–Crippen LogP) is 7.13. The summed E-state index contributed by atoms with van der Waals surface area (Å²) in [5.41, 5.74) is 0.659. The van der Waals surface area contributed by atoms with Gasteiger partial charge in [-0.1, -0.05) is 41.2 Å². The lowest BCUT2D eigenvalue weighted by molar-refractivity contribution is -0.115. The Labute approximate surface area is 162 Å². The summed E-state index contributed by atoms with van der Waals surface area (Å²) in [6, 6.07) is 2.21. The van der Waals surface area contributed by atoms with E-state index in [1.807, 2.05) is 0 Å². The van der Waals surface area contributed by atoms with E-state index in [1.54, 1.807) is 6.92 Å². The third-order valence-electron chi connectivity index (χ3n) is 3.84. The van der Waals surface area contributed by atoms with Crippen LogP contribution < -0.4 is 0 Å². The molecular weight excluding hydrogens is 360 g/mol. The van der Waals surface area contributed by atoms with Gasteiger partial charge in [0.25, 0.3) is 0 Å². The van der Waals surface area contributed by atoms with Crippen molar-refractivity contribution in [1.29, 1.82) is 0 Å². The molecule has 0 rings (SSSR count). The lowest BCUT2D eigenvalue weighted by Crippen LogP contribution is -2.52. The maximum Gasteiger partial charge on any atom is 0.311 e. The summed E-state index contributed by atoms with van der Waals surface area (Å²) in [5, 5.41) is 0. The molecule has 0 N–H and O–H groups in total. The first kappa shape index (κ1) is 29.7. The second-order valence-corrected chi connectivity index (χ2v) is 20.8. The van der Waals surface area contributed by atoms with Gasteiger partial charge in [-0.25, -0.2) is 0 Å². The van der Waals surface area contributed by atoms with Gasteiger partial charge in [0.15, 0.2) is 22.4 Å². The average molecular weight is 407 g/mol. The summed E-state index contributed by atoms with van der Waals surface area (Å²) in [4.78, 5) is 11.7. The number of Topliss-reactive ketones (excluding diaryl/α,β-unsaturated/α-hetero) is 1. The first-order valence-electron chi connectivity index (χ1n) is 8.89. The second-order valence-electron chi connectivity index (χ2n) is 8.28. The average Bonchev–Trinajstić information content (AvgIpc) is 2.32. The van der Waals surface area contributed by atoms with Crippen molar-refractivity contribution < 1.29 is 13.0 Å². The predicted molar refractivity (Wildman–Crippen MR) is 122 cm³/mol. The van der Waals surface area contributed by atoms with Crippen molar-refractivity contribution in [3.05, 3.63) is 12.2 Å². The van der Waals surface area contributed by atoms with Crippen LogP contribution in [-0.4, -0.2) is 31.0 Å². The molecule has 25 heavy (non-hydrogen) atoms. The number of hydrogen-bond acceptors (Lipinski definition) is 3. The molecule has 0 aliphatic carbocycles. The fraction of sp³-hybridized carbons (Fsp3) is 0.842. The number of ketones is 1. The zero-order valence-corrected chi connectivity index (χ0v) is 19.7. The Morgan fingerprint density at radius 1 is 0.880 bits per heavy atom. The maximum atomic E-state index is 11.7. The summed E-state index contributed by atoms with van der Waals surface area (Å²) in [5.74, 6) is 0.177. The van der Waals surface area contributed by atoms with Crippen molar-refractivity contribution in [1.82, 2.24) is 0 Å². The van der Waals surface area contributed by atoms with E-state index in [1.165, 1.54) is 18.9 Å². The summed E-state index contributed by atoms with van der Waals surface area (Å²) < 4.78 is 13.1. The van der Waals surface area contributed by atoms with Crippen molar-refractivity contribution in [2.45, 2.75) is 106 Å². The normalized spacial score (nSPS) is 12.2. The van der Waals surface area contributed by atoms with Gasteiger partial charge in [-0.05, 0) is 70.3 Å². The molecule has 152 valence electrons. The highest BCUT2D eigenvalue weighted by atomic mass is 28.5. The molecule has 0 bridgehead atoms. The van der Waals surface area contributed by atoms with Crippen LogP contribution in [0, 0.1) is 0 Å². The van der Waals surface area contributed by atoms with Crippen LogP contribution in [0.25, 0.3) is 0 Å². The van der Waals surface area contributed by atoms with E-state index >= 15 is 0 Å². The fourth-order valence-electron chi connectivity index (χ4n) is 2.94. The molecule has 0 amide bonds. The van der Waals surface area contributed by atoms with E-state index < -0.39 is 25.2 Å². The second kappa shape index (κ2) is 12.4. The smallest absolute Gasteiger partial charge is 0.311 e. The Morgan fingerprint density at radius 2 is 1.28 bits per heavy atom. The molecule has 0 aliphatic heterocycles. The zero-order valence-electron chi connectivity index (χ0n) is 16.7. The molecule has 3 nitrogen and oxygen atoms in total. The molecule has 0 aromatic carbocycles. The van der Waals surface area contributed by atoms with Crippen LogP contribution in [0.3, 0.4) is 0 Å². The maximum absolute atomic E-state index is 11.7. The molecule has 0 saturated heterocycles. The number of hydrogen-bond donors (Lipinski definition) is 0. The number of rotatable bonds is 12. The Balaban J connectivity index is -0.00000242. The highest BCUT2D eigenvalue weighted by Crippen LogP contribution is 2.26. The number of allylic oxidation sites excluding steroid dienone is 1. The van der Waals surface area contributed by atoms with E-state index in [-0.39, 0.29) is 20.6 Å². The minimum atomic E-state index is -2.10. The van der Waals surface area contributed by atoms with Gasteiger partial charge < -0.3 is 8.23 Å². The first-order chi connectivity index (χ1) is 10.3. The zero-order chi connectivity index (χ0) is 18.3. The third-order valence-corrected chi connectivity index (χ3v) is 15.3. The van der Waals surface area contributed by atoms with Crippen LogP contribution in [0.1, 0.15) is 54.4 Å². The molecule has 0 saturated carbocycles. The van der Waals surface area contributed by atoms with Gasteiger partial charge in [-0.2, -0.15) is 0 Å². The molecule has 0 atom stereocenters. The highest BCUT2D eigenvalue weighted by Gasteiger charge is 2.39. The van der Waals surface area contributed by atoms with Crippen LogP contribution in [0.2, 0.25) is 51.4 Å². The van der Waals surface area contributed by atoms with Gasteiger partial charge in [-0.15, -0.1) is 0 Å². The van der Waals surface area contributed by atoms with E-state index in [2.05, 4.69) is 52.8 Å². The van der Waals surface area contributed by atoms with Crippen LogP contribution in [0.5, 0.6) is 0 Å². The number of unbranched alkanes of at least 4 members (excludes halogenated alkanes) is 1. The van der Waals surface area contributed by atoms with Crippen molar-refractivity contribution in [3.63, 3.8) is 0 Å². The lowest BCUT2D eigenvalue weighted by atomic mass is 10.1. The van der Waals surface area contributed by atoms with Crippen molar-refractivity contribution >= 4 is 31.0 Å². The Morgan fingerprint density at radius 3 is 1.64 bits per heavy atom. The third kappa shape index (κ3) is 14.8. The summed E-state index contributed by atoms with van der Waals surface area (Å²) in [7, 11) is -5.53. The molecule has 0 unspecified atom stereocenters. The van der Waals surface area contributed by atoms with Crippen molar-refractivity contribution in [2.75, 3.05) is 0 Å². The van der Waals surface area contributed by atoms with Crippen LogP contribution in [-0.2, 0) is 13.0 Å². The van der Waals surface area contributed by atoms with E-state index in [9.17, 15) is 4.79 Å². The molecule has 0 aliphatic rings. The minimum Gasteiger partial charge on any atom is -0.437 e. The SMILES string of the molecule is C.C.C=C(C)C(=O)CCC[Si](C)(C)O[Si](C)(C)O[Si](C)(C)CCCC. The van der Waals surface area contributed by atoms with Gasteiger partial charge >= 0.3 is 8.56 Å². The topological polar surface area (TPSA) is 35.5 Å². The summed E-state index contributed by atoms with van der Waals surface area (Å²) in [6.45, 7) is 21.2. The molecule has 6 heteroatoms. The monoisotopic (exact) mass is 406 g/mol. The van der Waals surface area contributed by atoms with E-state index in [0.29, 0.717) is 12.0 Å². The number of carbonyl (C=O) groups is 1. The Kier molecular flexibility index (Phi) is 14.7. The molecule has 0 aromatic rings. The number of carbonyl (C=O) groups excluding carboxylic acids is 1. The van der Waals surface area contributed by atoms with Crippen molar-refractivity contribution in [2.24, 2.45) is 0 Å². The first-order valence-corrected chi connectivity index (χ1v) is 17.9. The van der Waals surface area contributed by atoms with Gasteiger partial charge in [0.2, 0.25) is 0 Å². The molecule has 0 fully saturated rings. The van der Waals surface area contributed by atoms with Gasteiger partial charge in [0.1, 0.15) is 0 Å². The Bertz CT molecular complexity index is 405. The molecule has 0 radical (unpaired) electrons.